The summed E-state index contributed by atoms with van der Waals surface area (Å²) >= 11 is 0. The molecule has 1 heterocycles. The number of rotatable bonds is 6. The molecular weight excluding hydrogens is 246 g/mol. The lowest BCUT2D eigenvalue weighted by molar-refractivity contribution is 0.690. The molecule has 3 nitrogen and oxygen atoms in total. The molecule has 0 bridgehead atoms. The van der Waals surface area contributed by atoms with E-state index in [1.807, 2.05) is 31.3 Å². The van der Waals surface area contributed by atoms with Gasteiger partial charge in [-0.25, -0.2) is 4.98 Å². The summed E-state index contributed by atoms with van der Waals surface area (Å²) in [7, 11) is 4.00. The van der Waals surface area contributed by atoms with E-state index in [1.165, 1.54) is 5.56 Å². The average molecular weight is 269 g/mol. The van der Waals surface area contributed by atoms with Crippen LogP contribution in [0.3, 0.4) is 0 Å². The highest BCUT2D eigenvalue weighted by Crippen LogP contribution is 2.15. The van der Waals surface area contributed by atoms with Crippen LogP contribution in [0.25, 0.3) is 0 Å². The van der Waals surface area contributed by atoms with Gasteiger partial charge in [0.05, 0.1) is 11.9 Å². The third kappa shape index (κ3) is 3.98. The molecule has 1 atom stereocenters. The zero-order chi connectivity index (χ0) is 14.4. The topological polar surface area (TPSA) is 28.2 Å². The van der Waals surface area contributed by atoms with Crippen molar-refractivity contribution in [2.75, 3.05) is 24.3 Å². The SMILES string of the molecule is CCC(Cc1ccccc1)Nc1ccc(N(C)C)nc1. The second-order valence-corrected chi connectivity index (χ2v) is 5.24. The fraction of sp³-hybridized carbons (Fsp3) is 0.353. The minimum absolute atomic E-state index is 0.435. The highest BCUT2D eigenvalue weighted by Gasteiger charge is 2.07. The molecule has 0 radical (unpaired) electrons. The summed E-state index contributed by atoms with van der Waals surface area (Å²) in [5, 5.41) is 3.56. The summed E-state index contributed by atoms with van der Waals surface area (Å²) in [6.07, 6.45) is 4.03. The molecule has 106 valence electrons. The Hall–Kier alpha value is -2.03. The van der Waals surface area contributed by atoms with Gasteiger partial charge in [-0.05, 0) is 30.5 Å². The lowest BCUT2D eigenvalue weighted by Crippen LogP contribution is -2.21. The monoisotopic (exact) mass is 269 g/mol. The second kappa shape index (κ2) is 6.94. The van der Waals surface area contributed by atoms with Crippen LogP contribution >= 0.6 is 0 Å². The van der Waals surface area contributed by atoms with Gasteiger partial charge in [-0.15, -0.1) is 0 Å². The van der Waals surface area contributed by atoms with Gasteiger partial charge >= 0.3 is 0 Å². The number of pyridine rings is 1. The zero-order valence-electron chi connectivity index (χ0n) is 12.5. The summed E-state index contributed by atoms with van der Waals surface area (Å²) in [4.78, 5) is 6.44. The molecule has 20 heavy (non-hydrogen) atoms. The standard InChI is InChI=1S/C17H23N3/c1-4-15(12-14-8-6-5-7-9-14)19-16-10-11-17(18-13-16)20(2)3/h5-11,13,15,19H,4,12H2,1-3H3. The van der Waals surface area contributed by atoms with Gasteiger partial charge in [0, 0.05) is 20.1 Å². The van der Waals surface area contributed by atoms with Gasteiger partial charge in [-0.3, -0.25) is 0 Å². The third-order valence-corrected chi connectivity index (χ3v) is 3.39. The van der Waals surface area contributed by atoms with Gasteiger partial charge in [0.1, 0.15) is 5.82 Å². The second-order valence-electron chi connectivity index (χ2n) is 5.24. The molecule has 0 saturated carbocycles. The lowest BCUT2D eigenvalue weighted by Gasteiger charge is -2.19. The van der Waals surface area contributed by atoms with Gasteiger partial charge in [0.25, 0.3) is 0 Å². The smallest absolute Gasteiger partial charge is 0.128 e. The quantitative estimate of drug-likeness (QED) is 0.868. The first-order valence-corrected chi connectivity index (χ1v) is 7.13. The Balaban J connectivity index is 1.99. The third-order valence-electron chi connectivity index (χ3n) is 3.39. The molecule has 0 aliphatic heterocycles. The summed E-state index contributed by atoms with van der Waals surface area (Å²) in [5.74, 6) is 0.978. The van der Waals surface area contributed by atoms with E-state index in [9.17, 15) is 0 Å². The Morgan fingerprint density at radius 1 is 1.10 bits per heavy atom. The van der Waals surface area contributed by atoms with E-state index in [4.69, 9.17) is 0 Å². The van der Waals surface area contributed by atoms with Gasteiger partial charge in [-0.2, -0.15) is 0 Å². The van der Waals surface area contributed by atoms with Crippen LogP contribution in [0, 0.1) is 0 Å². The number of benzene rings is 1. The number of hydrogen-bond donors (Lipinski definition) is 1. The molecule has 1 unspecified atom stereocenters. The number of hydrogen-bond acceptors (Lipinski definition) is 3. The highest BCUT2D eigenvalue weighted by molar-refractivity contribution is 5.48. The number of nitrogens with zero attached hydrogens (tertiary/aromatic N) is 2. The minimum Gasteiger partial charge on any atom is -0.381 e. The van der Waals surface area contributed by atoms with Crippen LogP contribution in [-0.2, 0) is 6.42 Å². The van der Waals surface area contributed by atoms with Crippen molar-refractivity contribution >= 4 is 11.5 Å². The summed E-state index contributed by atoms with van der Waals surface area (Å²) in [6, 6.07) is 15.2. The van der Waals surface area contributed by atoms with E-state index in [2.05, 4.69) is 53.6 Å². The number of anilines is 2. The summed E-state index contributed by atoms with van der Waals surface area (Å²) in [6.45, 7) is 2.21. The fourth-order valence-corrected chi connectivity index (χ4v) is 2.17. The van der Waals surface area contributed by atoms with E-state index in [0.29, 0.717) is 6.04 Å². The van der Waals surface area contributed by atoms with Crippen molar-refractivity contribution in [3.05, 3.63) is 54.2 Å². The first kappa shape index (κ1) is 14.4. The van der Waals surface area contributed by atoms with Crippen LogP contribution in [0.15, 0.2) is 48.7 Å². The molecule has 1 aromatic carbocycles. The van der Waals surface area contributed by atoms with Crippen molar-refractivity contribution in [1.29, 1.82) is 0 Å². The molecule has 0 spiro atoms. The van der Waals surface area contributed by atoms with E-state index in [0.717, 1.165) is 24.3 Å². The van der Waals surface area contributed by atoms with Crippen LogP contribution in [-0.4, -0.2) is 25.1 Å². The van der Waals surface area contributed by atoms with Crippen LogP contribution in [0.4, 0.5) is 11.5 Å². The Labute approximate surface area is 121 Å². The van der Waals surface area contributed by atoms with Crippen molar-refractivity contribution < 1.29 is 0 Å². The molecule has 0 saturated heterocycles. The van der Waals surface area contributed by atoms with Crippen molar-refractivity contribution in [2.45, 2.75) is 25.8 Å². The summed E-state index contributed by atoms with van der Waals surface area (Å²) in [5.41, 5.74) is 2.45. The summed E-state index contributed by atoms with van der Waals surface area (Å²) < 4.78 is 0. The zero-order valence-corrected chi connectivity index (χ0v) is 12.5. The van der Waals surface area contributed by atoms with E-state index >= 15 is 0 Å². The molecular formula is C17H23N3. The Morgan fingerprint density at radius 2 is 1.85 bits per heavy atom. The van der Waals surface area contributed by atoms with Gasteiger partial charge in [0.15, 0.2) is 0 Å². The van der Waals surface area contributed by atoms with Gasteiger partial charge in [-0.1, -0.05) is 37.3 Å². The average Bonchev–Trinajstić information content (AvgIpc) is 2.48. The number of aromatic nitrogens is 1. The van der Waals surface area contributed by atoms with E-state index in [1.54, 1.807) is 0 Å². The predicted molar refractivity (Wildman–Crippen MR) is 86.4 cm³/mol. The van der Waals surface area contributed by atoms with Crippen molar-refractivity contribution in [3.8, 4) is 0 Å². The first-order valence-electron chi connectivity index (χ1n) is 7.13. The van der Waals surface area contributed by atoms with Crippen LogP contribution in [0.5, 0.6) is 0 Å². The first-order chi connectivity index (χ1) is 9.69. The Morgan fingerprint density at radius 3 is 2.40 bits per heavy atom. The van der Waals surface area contributed by atoms with Crippen molar-refractivity contribution in [2.24, 2.45) is 0 Å². The minimum atomic E-state index is 0.435. The largest absolute Gasteiger partial charge is 0.381 e. The molecule has 1 aromatic heterocycles. The molecule has 2 aromatic rings. The van der Waals surface area contributed by atoms with Gasteiger partial charge < -0.3 is 10.2 Å². The molecule has 3 heteroatoms. The molecule has 0 fully saturated rings. The van der Waals surface area contributed by atoms with Gasteiger partial charge in [0.2, 0.25) is 0 Å². The maximum atomic E-state index is 4.44. The molecule has 0 amide bonds. The van der Waals surface area contributed by atoms with E-state index < -0.39 is 0 Å². The normalized spacial score (nSPS) is 11.9. The van der Waals surface area contributed by atoms with Crippen LogP contribution < -0.4 is 10.2 Å². The molecule has 2 rings (SSSR count). The maximum Gasteiger partial charge on any atom is 0.128 e. The number of nitrogens with one attached hydrogen (secondary N) is 1. The van der Waals surface area contributed by atoms with Crippen molar-refractivity contribution in [1.82, 2.24) is 4.98 Å². The highest BCUT2D eigenvalue weighted by atomic mass is 15.1. The van der Waals surface area contributed by atoms with Crippen LogP contribution in [0.1, 0.15) is 18.9 Å². The Bertz CT molecular complexity index is 506. The van der Waals surface area contributed by atoms with Crippen LogP contribution in [0.2, 0.25) is 0 Å². The van der Waals surface area contributed by atoms with Crippen molar-refractivity contribution in [3.63, 3.8) is 0 Å². The maximum absolute atomic E-state index is 4.44. The van der Waals surface area contributed by atoms with E-state index in [-0.39, 0.29) is 0 Å². The fourth-order valence-electron chi connectivity index (χ4n) is 2.17. The predicted octanol–water partition coefficient (Wildman–Crippen LogP) is 3.58. The lowest BCUT2D eigenvalue weighted by atomic mass is 10.0. The molecule has 1 N–H and O–H groups in total. The molecule has 0 aliphatic carbocycles. The molecule has 0 aliphatic rings. The Kier molecular flexibility index (Phi) is 4.99.